The highest BCUT2D eigenvalue weighted by molar-refractivity contribution is 5.79. The summed E-state index contributed by atoms with van der Waals surface area (Å²) in [5.74, 6) is 0.878. The lowest BCUT2D eigenvalue weighted by molar-refractivity contribution is -0.137. The fourth-order valence-corrected chi connectivity index (χ4v) is 5.04. The molecule has 1 aromatic rings. The predicted molar refractivity (Wildman–Crippen MR) is 107 cm³/mol. The van der Waals surface area contributed by atoms with Crippen LogP contribution in [0.15, 0.2) is 30.0 Å². The Bertz CT molecular complexity index is 815. The molecule has 2 aliphatic heterocycles. The first-order chi connectivity index (χ1) is 13.6. The molecule has 1 aromatic heterocycles. The first-order valence-corrected chi connectivity index (χ1v) is 10.4. The van der Waals surface area contributed by atoms with E-state index in [1.165, 1.54) is 5.57 Å². The van der Waals surface area contributed by atoms with Crippen LogP contribution in [0.1, 0.15) is 50.5 Å². The van der Waals surface area contributed by atoms with Crippen LogP contribution in [-0.2, 0) is 4.79 Å². The van der Waals surface area contributed by atoms with Gasteiger partial charge in [0.15, 0.2) is 0 Å². The first kappa shape index (κ1) is 18.9. The summed E-state index contributed by atoms with van der Waals surface area (Å²) in [5, 5.41) is 20.3. The zero-order chi connectivity index (χ0) is 19.6. The highest BCUT2D eigenvalue weighted by Gasteiger charge is 2.46. The molecule has 0 bridgehead atoms. The molecular weight excluding hydrogens is 352 g/mol. The molecule has 0 aromatic carbocycles. The van der Waals surface area contributed by atoms with Crippen LogP contribution in [0.4, 0.5) is 5.82 Å². The van der Waals surface area contributed by atoms with Crippen molar-refractivity contribution in [3.8, 4) is 6.07 Å². The zero-order valence-electron chi connectivity index (χ0n) is 16.3. The fraction of sp³-hybridized carbons (Fsp3) is 0.591. The van der Waals surface area contributed by atoms with Gasteiger partial charge >= 0.3 is 0 Å². The van der Waals surface area contributed by atoms with Crippen molar-refractivity contribution in [2.24, 2.45) is 5.41 Å². The largest absolute Gasteiger partial charge is 0.392 e. The van der Waals surface area contributed by atoms with Crippen molar-refractivity contribution < 1.29 is 9.90 Å². The molecule has 4 rings (SSSR count). The van der Waals surface area contributed by atoms with Crippen molar-refractivity contribution in [3.05, 3.63) is 35.5 Å². The number of aliphatic hydroxyl groups is 1. The zero-order valence-corrected chi connectivity index (χ0v) is 16.3. The molecule has 1 N–H and O–H groups in total. The molecule has 6 nitrogen and oxygen atoms in total. The van der Waals surface area contributed by atoms with Crippen molar-refractivity contribution in [1.82, 2.24) is 9.88 Å². The Labute approximate surface area is 166 Å². The second-order valence-corrected chi connectivity index (χ2v) is 8.42. The number of nitriles is 1. The normalized spacial score (nSPS) is 27.6. The summed E-state index contributed by atoms with van der Waals surface area (Å²) in [6, 6.07) is 5.78. The van der Waals surface area contributed by atoms with Crippen LogP contribution < -0.4 is 4.90 Å². The van der Waals surface area contributed by atoms with Gasteiger partial charge in [-0.25, -0.2) is 4.98 Å². The van der Waals surface area contributed by atoms with E-state index < -0.39 is 6.10 Å². The number of piperidine rings is 2. The summed E-state index contributed by atoms with van der Waals surface area (Å²) in [4.78, 5) is 21.4. The SMILES string of the molecule is N#Cc1cccnc1N1CC[C@@H](O)[C@]2(CCCN(C(=O)CC3=CCCC3)C2)C1. The molecule has 1 aliphatic carbocycles. The van der Waals surface area contributed by atoms with Crippen molar-refractivity contribution >= 4 is 11.7 Å². The van der Waals surface area contributed by atoms with Crippen LogP contribution in [0.3, 0.4) is 0 Å². The van der Waals surface area contributed by atoms with Crippen molar-refractivity contribution in [3.63, 3.8) is 0 Å². The molecule has 2 fully saturated rings. The second kappa shape index (κ2) is 7.92. The summed E-state index contributed by atoms with van der Waals surface area (Å²) >= 11 is 0. The third-order valence-electron chi connectivity index (χ3n) is 6.57. The van der Waals surface area contributed by atoms with Gasteiger partial charge in [0.2, 0.25) is 5.91 Å². The molecule has 0 unspecified atom stereocenters. The monoisotopic (exact) mass is 380 g/mol. The molecule has 2 atom stereocenters. The topological polar surface area (TPSA) is 80.5 Å². The highest BCUT2D eigenvalue weighted by atomic mass is 16.3. The number of hydrogen-bond acceptors (Lipinski definition) is 5. The molecular formula is C22H28N4O2. The number of amides is 1. The number of likely N-dealkylation sites (tertiary alicyclic amines) is 1. The molecule has 1 spiro atoms. The van der Waals surface area contributed by atoms with Crippen LogP contribution in [-0.4, -0.2) is 53.2 Å². The molecule has 148 valence electrons. The minimum Gasteiger partial charge on any atom is -0.392 e. The Hall–Kier alpha value is -2.39. The number of rotatable bonds is 3. The van der Waals surface area contributed by atoms with E-state index in [1.54, 1.807) is 18.3 Å². The Morgan fingerprint density at radius 3 is 3.04 bits per heavy atom. The number of hydrogen-bond donors (Lipinski definition) is 1. The summed E-state index contributed by atoms with van der Waals surface area (Å²) in [5.41, 5.74) is 1.48. The quantitative estimate of drug-likeness (QED) is 0.816. The third-order valence-corrected chi connectivity index (χ3v) is 6.57. The minimum atomic E-state index is -0.431. The van der Waals surface area contributed by atoms with Crippen LogP contribution in [0.5, 0.6) is 0 Å². The lowest BCUT2D eigenvalue weighted by Gasteiger charge is -2.51. The molecule has 0 radical (unpaired) electrons. The third kappa shape index (κ3) is 3.64. The maximum Gasteiger partial charge on any atom is 0.226 e. The van der Waals surface area contributed by atoms with Gasteiger partial charge in [-0.2, -0.15) is 5.26 Å². The molecule has 3 heterocycles. The maximum atomic E-state index is 12.9. The summed E-state index contributed by atoms with van der Waals surface area (Å²) < 4.78 is 0. The van der Waals surface area contributed by atoms with Gasteiger partial charge in [-0.05, 0) is 50.7 Å². The lowest BCUT2D eigenvalue weighted by Crippen LogP contribution is -2.60. The van der Waals surface area contributed by atoms with Crippen molar-refractivity contribution in [2.75, 3.05) is 31.1 Å². The number of anilines is 1. The van der Waals surface area contributed by atoms with E-state index in [1.807, 2.05) is 4.90 Å². The van der Waals surface area contributed by atoms with E-state index in [2.05, 4.69) is 22.0 Å². The van der Waals surface area contributed by atoms with E-state index in [0.717, 1.165) is 38.6 Å². The first-order valence-electron chi connectivity index (χ1n) is 10.4. The van der Waals surface area contributed by atoms with Gasteiger partial charge < -0.3 is 14.9 Å². The van der Waals surface area contributed by atoms with Crippen LogP contribution >= 0.6 is 0 Å². The fourth-order valence-electron chi connectivity index (χ4n) is 5.04. The number of carbonyl (C=O) groups is 1. The Morgan fingerprint density at radius 1 is 1.36 bits per heavy atom. The van der Waals surface area contributed by atoms with Gasteiger partial charge in [0.1, 0.15) is 11.9 Å². The van der Waals surface area contributed by atoms with Gasteiger partial charge in [0.05, 0.1) is 11.7 Å². The van der Waals surface area contributed by atoms with E-state index in [0.29, 0.717) is 43.9 Å². The van der Waals surface area contributed by atoms with Gasteiger partial charge in [-0.15, -0.1) is 0 Å². The van der Waals surface area contributed by atoms with E-state index in [-0.39, 0.29) is 11.3 Å². The molecule has 0 saturated carbocycles. The number of nitrogens with zero attached hydrogens (tertiary/aromatic N) is 4. The number of pyridine rings is 1. The number of aliphatic hydroxyl groups excluding tert-OH is 1. The van der Waals surface area contributed by atoms with Gasteiger partial charge in [-0.1, -0.05) is 11.6 Å². The average Bonchev–Trinajstić information content (AvgIpc) is 3.23. The minimum absolute atomic E-state index is 0.187. The van der Waals surface area contributed by atoms with E-state index in [4.69, 9.17) is 0 Å². The van der Waals surface area contributed by atoms with Crippen LogP contribution in [0.25, 0.3) is 0 Å². The molecule has 6 heteroatoms. The average molecular weight is 380 g/mol. The number of allylic oxidation sites excluding steroid dienone is 1. The number of aromatic nitrogens is 1. The highest BCUT2D eigenvalue weighted by Crippen LogP contribution is 2.40. The number of carbonyl (C=O) groups excluding carboxylic acids is 1. The molecule has 3 aliphatic rings. The molecule has 2 saturated heterocycles. The van der Waals surface area contributed by atoms with E-state index >= 15 is 0 Å². The van der Waals surface area contributed by atoms with Crippen molar-refractivity contribution in [2.45, 2.75) is 51.0 Å². The molecule has 28 heavy (non-hydrogen) atoms. The summed E-state index contributed by atoms with van der Waals surface area (Å²) in [6.45, 7) is 2.67. The van der Waals surface area contributed by atoms with Gasteiger partial charge in [0, 0.05) is 44.2 Å². The Morgan fingerprint density at radius 2 is 2.25 bits per heavy atom. The van der Waals surface area contributed by atoms with Crippen LogP contribution in [0.2, 0.25) is 0 Å². The van der Waals surface area contributed by atoms with Crippen LogP contribution in [0, 0.1) is 16.7 Å². The van der Waals surface area contributed by atoms with Gasteiger partial charge in [0.25, 0.3) is 0 Å². The summed E-state index contributed by atoms with van der Waals surface area (Å²) in [7, 11) is 0. The smallest absolute Gasteiger partial charge is 0.226 e. The van der Waals surface area contributed by atoms with Gasteiger partial charge in [-0.3, -0.25) is 4.79 Å². The predicted octanol–water partition coefficient (Wildman–Crippen LogP) is 2.63. The Balaban J connectivity index is 1.51. The molecule has 1 amide bonds. The maximum absolute atomic E-state index is 12.9. The second-order valence-electron chi connectivity index (χ2n) is 8.42. The summed E-state index contributed by atoms with van der Waals surface area (Å²) in [6.07, 6.45) is 9.73. The Kier molecular flexibility index (Phi) is 5.36. The lowest BCUT2D eigenvalue weighted by atomic mass is 9.71. The van der Waals surface area contributed by atoms with E-state index in [9.17, 15) is 15.2 Å². The van der Waals surface area contributed by atoms with Crippen molar-refractivity contribution in [1.29, 1.82) is 5.26 Å². The standard InChI is InChI=1S/C22H28N4O2/c23-14-18-7-3-10-24-21(18)26-12-8-19(27)22(16-26)9-4-11-25(15-22)20(28)13-17-5-1-2-6-17/h3,5,7,10,19,27H,1-2,4,6,8-9,11-13,15-16H2/t19-,22+/m1/s1.